The van der Waals surface area contributed by atoms with Gasteiger partial charge < -0.3 is 25.6 Å². The fraction of sp³-hybridized carbons (Fsp3) is 0.310. The molecule has 1 unspecified atom stereocenters. The average molecular weight is 657 g/mol. The van der Waals surface area contributed by atoms with E-state index in [0.29, 0.717) is 33.5 Å². The van der Waals surface area contributed by atoms with E-state index < -0.39 is 41.6 Å². The van der Waals surface area contributed by atoms with E-state index in [0.717, 1.165) is 35.9 Å². The molecule has 4 heterocycles. The van der Waals surface area contributed by atoms with Crippen molar-refractivity contribution in [3.63, 3.8) is 0 Å². The van der Waals surface area contributed by atoms with Crippen LogP contribution in [0.3, 0.4) is 0 Å². The highest BCUT2D eigenvalue weighted by Crippen LogP contribution is 2.54. The summed E-state index contributed by atoms with van der Waals surface area (Å²) in [6.45, 7) is -1.30. The van der Waals surface area contributed by atoms with Crippen LogP contribution in [-0.4, -0.2) is 67.6 Å². The number of nitrogen functional groups attached to an aromatic ring is 1. The van der Waals surface area contributed by atoms with Crippen molar-refractivity contribution in [3.05, 3.63) is 71.4 Å². The zero-order valence-corrected chi connectivity index (χ0v) is 24.7. The average Bonchev–Trinajstić information content (AvgIpc) is 3.40. The first-order chi connectivity index (χ1) is 21.9. The molecule has 1 amide bonds. The number of carbonyl (C=O) groups is 1. The Balaban J connectivity index is 1.33. The summed E-state index contributed by atoms with van der Waals surface area (Å²) < 4.78 is 71.2. The van der Waals surface area contributed by atoms with Crippen molar-refractivity contribution in [1.82, 2.24) is 35.5 Å². The topological polar surface area (TPSA) is 163 Å². The number of hydrogen-bond donors (Lipinski definition) is 3. The lowest BCUT2D eigenvalue weighted by Crippen LogP contribution is -2.51. The summed E-state index contributed by atoms with van der Waals surface area (Å²) in [5.74, 6) is -1.47. The van der Waals surface area contributed by atoms with Crippen molar-refractivity contribution >= 4 is 32.6 Å². The highest BCUT2D eigenvalue weighted by atomic mass is 32.1. The van der Waals surface area contributed by atoms with Gasteiger partial charge in [-0.05, 0) is 71.7 Å². The molecule has 4 N–H and O–H groups in total. The number of alkyl halides is 3. The molecule has 0 saturated heterocycles. The Morgan fingerprint density at radius 1 is 1.22 bits per heavy atom. The molecular formula is C29H24F4N8O4S. The number of nitrogens with one attached hydrogen (secondary N) is 1. The Kier molecular flexibility index (Phi) is 6.86. The molecular weight excluding hydrogens is 632 g/mol. The number of pyridine rings is 1. The molecule has 0 bridgehead atoms. The van der Waals surface area contributed by atoms with Gasteiger partial charge in [-0.15, -0.1) is 5.10 Å². The number of rotatable bonds is 8. The third-order valence-corrected chi connectivity index (χ3v) is 9.18. The number of benzene rings is 2. The quantitative estimate of drug-likeness (QED) is 0.210. The molecule has 238 valence electrons. The van der Waals surface area contributed by atoms with Crippen molar-refractivity contribution in [1.29, 1.82) is 0 Å². The minimum absolute atomic E-state index is 0.0462. The molecule has 5 aromatic rings. The monoisotopic (exact) mass is 656 g/mol. The maximum Gasteiger partial charge on any atom is 0.421 e. The lowest BCUT2D eigenvalue weighted by Gasteiger charge is -2.32. The number of nitrogens with zero attached hydrogens (tertiary/aromatic N) is 6. The van der Waals surface area contributed by atoms with Crippen molar-refractivity contribution in [3.8, 4) is 22.8 Å². The smallest absolute Gasteiger partial charge is 0.421 e. The van der Waals surface area contributed by atoms with E-state index in [-0.39, 0.29) is 45.5 Å². The summed E-state index contributed by atoms with van der Waals surface area (Å²) in [5.41, 5.74) is 1.44. The first kappa shape index (κ1) is 29.8. The number of amides is 1. The van der Waals surface area contributed by atoms with Gasteiger partial charge in [0.05, 0.1) is 24.0 Å². The van der Waals surface area contributed by atoms with Crippen LogP contribution in [0, 0.1) is 11.7 Å². The van der Waals surface area contributed by atoms with Gasteiger partial charge in [0.15, 0.2) is 10.9 Å². The standard InChI is InChI=1S/C29H24F4N8O4S/c1-44-19-8-15(9-20-23(19)38-26(34)46-20)25(42)35-11-27(43,16-4-5-16)21-10-18-24(22(37-21)14-2-6-17(30)7-3-14)45-12-28(18,29(31,32)33)41-13-36-39-40-41/h2-3,6-10,13,16,43H,4-5,11-12H2,1H3,(H2,34,38)(H,35,42)/t27?,28-/m0/s1. The second-order valence-corrected chi connectivity index (χ2v) is 12.2. The maximum absolute atomic E-state index is 15.1. The first-order valence-corrected chi connectivity index (χ1v) is 14.8. The Morgan fingerprint density at radius 3 is 2.63 bits per heavy atom. The van der Waals surface area contributed by atoms with E-state index in [1.54, 1.807) is 6.07 Å². The predicted molar refractivity (Wildman–Crippen MR) is 156 cm³/mol. The zero-order chi connectivity index (χ0) is 32.4. The summed E-state index contributed by atoms with van der Waals surface area (Å²) in [4.78, 5) is 22.2. The summed E-state index contributed by atoms with van der Waals surface area (Å²) in [5, 5.41) is 25.6. The van der Waals surface area contributed by atoms with Crippen molar-refractivity contribution in [2.45, 2.75) is 30.2 Å². The molecule has 0 spiro atoms. The van der Waals surface area contributed by atoms with Crippen LogP contribution < -0.4 is 20.5 Å². The van der Waals surface area contributed by atoms with Gasteiger partial charge in [0, 0.05) is 16.7 Å². The minimum atomic E-state index is -4.96. The van der Waals surface area contributed by atoms with E-state index in [1.165, 1.54) is 25.3 Å². The number of aromatic nitrogens is 6. The summed E-state index contributed by atoms with van der Waals surface area (Å²) in [6, 6.07) is 9.17. The van der Waals surface area contributed by atoms with E-state index in [1.807, 2.05) is 0 Å². The van der Waals surface area contributed by atoms with E-state index in [4.69, 9.17) is 15.2 Å². The van der Waals surface area contributed by atoms with Gasteiger partial charge in [-0.3, -0.25) is 4.79 Å². The van der Waals surface area contributed by atoms with Gasteiger partial charge in [0.25, 0.3) is 5.91 Å². The fourth-order valence-electron chi connectivity index (χ4n) is 5.78. The Labute approximate surface area is 261 Å². The Hall–Kier alpha value is -4.90. The number of aliphatic hydroxyl groups is 1. The molecule has 1 aliphatic heterocycles. The molecule has 0 radical (unpaired) electrons. The van der Waals surface area contributed by atoms with Crippen LogP contribution in [0.5, 0.6) is 11.5 Å². The minimum Gasteiger partial charge on any atom is -0.494 e. The van der Waals surface area contributed by atoms with Crippen LogP contribution >= 0.6 is 11.3 Å². The van der Waals surface area contributed by atoms with Gasteiger partial charge in [-0.1, -0.05) is 11.3 Å². The number of anilines is 1. The van der Waals surface area contributed by atoms with Gasteiger partial charge >= 0.3 is 6.18 Å². The number of hydrogen-bond acceptors (Lipinski definition) is 11. The largest absolute Gasteiger partial charge is 0.494 e. The van der Waals surface area contributed by atoms with Crippen molar-refractivity contribution < 1.29 is 36.9 Å². The highest BCUT2D eigenvalue weighted by Gasteiger charge is 2.64. The number of carbonyl (C=O) groups excluding carboxylic acids is 1. The molecule has 3 aromatic heterocycles. The molecule has 1 fully saturated rings. The number of ether oxygens (including phenoxy) is 2. The molecule has 2 aliphatic rings. The molecule has 7 rings (SSSR count). The SMILES string of the molecule is COc1cc(C(=O)NCC(O)(c2cc3c(c(-c4ccc(F)cc4)n2)OC[C@@]3(n2cnnn2)C(F)(F)F)C2CC2)cc2sc(N)nc12. The van der Waals surface area contributed by atoms with Gasteiger partial charge in [-0.25, -0.2) is 19.0 Å². The molecule has 1 saturated carbocycles. The van der Waals surface area contributed by atoms with Crippen LogP contribution in [0.1, 0.15) is 34.5 Å². The zero-order valence-electron chi connectivity index (χ0n) is 23.9. The lowest BCUT2D eigenvalue weighted by atomic mass is 9.85. The summed E-state index contributed by atoms with van der Waals surface area (Å²) in [7, 11) is 1.43. The van der Waals surface area contributed by atoms with Crippen LogP contribution in [-0.2, 0) is 11.1 Å². The van der Waals surface area contributed by atoms with Crippen LogP contribution in [0.15, 0.2) is 48.8 Å². The highest BCUT2D eigenvalue weighted by molar-refractivity contribution is 7.22. The first-order valence-electron chi connectivity index (χ1n) is 13.9. The van der Waals surface area contributed by atoms with Gasteiger partial charge in [-0.2, -0.15) is 13.2 Å². The number of halogens is 4. The molecule has 12 nitrogen and oxygen atoms in total. The summed E-state index contributed by atoms with van der Waals surface area (Å²) >= 11 is 1.16. The number of thiazole rings is 1. The van der Waals surface area contributed by atoms with Crippen LogP contribution in [0.25, 0.3) is 21.5 Å². The number of tetrazole rings is 1. The summed E-state index contributed by atoms with van der Waals surface area (Å²) in [6.07, 6.45) is -3.07. The predicted octanol–water partition coefficient (Wildman–Crippen LogP) is 3.80. The third kappa shape index (κ3) is 4.68. The van der Waals surface area contributed by atoms with Gasteiger partial charge in [0.2, 0.25) is 5.54 Å². The van der Waals surface area contributed by atoms with E-state index in [9.17, 15) is 14.3 Å². The van der Waals surface area contributed by atoms with E-state index >= 15 is 13.2 Å². The molecule has 17 heteroatoms. The number of nitrogens with two attached hydrogens (primary N) is 1. The Morgan fingerprint density at radius 2 is 1.98 bits per heavy atom. The molecule has 46 heavy (non-hydrogen) atoms. The third-order valence-electron chi connectivity index (χ3n) is 8.34. The van der Waals surface area contributed by atoms with Crippen LogP contribution in [0.4, 0.5) is 22.7 Å². The van der Waals surface area contributed by atoms with Crippen molar-refractivity contribution in [2.24, 2.45) is 5.92 Å². The second kappa shape index (κ2) is 10.6. The van der Waals surface area contributed by atoms with Crippen LogP contribution in [0.2, 0.25) is 0 Å². The maximum atomic E-state index is 15.1. The molecule has 1 aliphatic carbocycles. The van der Waals surface area contributed by atoms with Crippen molar-refractivity contribution in [2.75, 3.05) is 26.0 Å². The molecule has 2 atom stereocenters. The number of methoxy groups -OCH3 is 1. The number of fused-ring (bicyclic) bond motifs is 2. The second-order valence-electron chi connectivity index (χ2n) is 11.1. The fourth-order valence-corrected chi connectivity index (χ4v) is 6.57. The molecule has 2 aromatic carbocycles. The van der Waals surface area contributed by atoms with Gasteiger partial charge in [0.1, 0.15) is 41.3 Å². The Bertz CT molecular complexity index is 1970. The van der Waals surface area contributed by atoms with E-state index in [2.05, 4.69) is 30.8 Å². The normalized spacial score (nSPS) is 19.0. The lowest BCUT2D eigenvalue weighted by molar-refractivity contribution is -0.205.